The van der Waals surface area contributed by atoms with Gasteiger partial charge >= 0.3 is 0 Å². The normalized spacial score (nSPS) is 7.88. The molecule has 1 amide bonds. The molecule has 0 saturated heterocycles. The highest BCUT2D eigenvalue weighted by molar-refractivity contribution is 5.87. The van der Waals surface area contributed by atoms with Gasteiger partial charge in [-0.15, -0.1) is 0 Å². The number of carbonyl (C=O) groups is 1. The Bertz CT molecular complexity index is 112. The second kappa shape index (κ2) is 3.24. The summed E-state index contributed by atoms with van der Waals surface area (Å²) in [7, 11) is 1.61. The van der Waals surface area contributed by atoms with Crippen LogP contribution in [-0.2, 0) is 4.79 Å². The van der Waals surface area contributed by atoms with Crippen molar-refractivity contribution >= 4 is 5.91 Å². The first kappa shape index (κ1) is 7.21. The molecule has 46 valence electrons. The Morgan fingerprint density at radius 3 is 2.12 bits per heavy atom. The first-order chi connectivity index (χ1) is 3.66. The van der Waals surface area contributed by atoms with Crippen molar-refractivity contribution in [2.24, 2.45) is 0 Å². The molecule has 0 aliphatic carbocycles. The zero-order valence-electron chi connectivity index (χ0n) is 5.49. The average Bonchev–Trinajstić information content (AvgIpc) is 1.65. The lowest BCUT2D eigenvalue weighted by Crippen LogP contribution is -2.14. The lowest BCUT2D eigenvalue weighted by Gasteiger charge is -1.89. The highest BCUT2D eigenvalue weighted by Gasteiger charge is 1.86. The first-order valence-electron chi connectivity index (χ1n) is 2.53. The van der Waals surface area contributed by atoms with E-state index in [2.05, 4.69) is 5.32 Å². The number of nitrogens with one attached hydrogen (secondary N) is 1. The van der Waals surface area contributed by atoms with Gasteiger partial charge in [-0.3, -0.25) is 4.79 Å². The van der Waals surface area contributed by atoms with E-state index in [4.69, 9.17) is 0 Å². The monoisotopic (exact) mass is 113 g/mol. The van der Waals surface area contributed by atoms with Gasteiger partial charge in [-0.1, -0.05) is 5.57 Å². The summed E-state index contributed by atoms with van der Waals surface area (Å²) in [6, 6.07) is 0. The molecule has 0 aromatic carbocycles. The summed E-state index contributed by atoms with van der Waals surface area (Å²) in [5.74, 6) is -0.0370. The molecule has 2 nitrogen and oxygen atoms in total. The predicted molar refractivity (Wildman–Crippen MR) is 33.5 cm³/mol. The maximum Gasteiger partial charge on any atom is 0.243 e. The Labute approximate surface area is 49.6 Å². The third-order valence-electron chi connectivity index (χ3n) is 0.666. The molecular weight excluding hydrogens is 102 g/mol. The summed E-state index contributed by atoms with van der Waals surface area (Å²) < 4.78 is 0. The molecular formula is C6H11NO. The molecule has 1 N–H and O–H groups in total. The average molecular weight is 113 g/mol. The van der Waals surface area contributed by atoms with Crippen LogP contribution in [0.5, 0.6) is 0 Å². The smallest absolute Gasteiger partial charge is 0.243 e. The van der Waals surface area contributed by atoms with Crippen LogP contribution in [0.4, 0.5) is 0 Å². The molecule has 0 atom stereocenters. The fourth-order valence-electron chi connectivity index (χ4n) is 0.334. The molecule has 0 spiro atoms. The van der Waals surface area contributed by atoms with E-state index in [1.165, 1.54) is 0 Å². The van der Waals surface area contributed by atoms with Gasteiger partial charge in [-0.25, -0.2) is 0 Å². The van der Waals surface area contributed by atoms with Crippen molar-refractivity contribution in [3.05, 3.63) is 11.6 Å². The summed E-state index contributed by atoms with van der Waals surface area (Å²) in [6.45, 7) is 3.77. The van der Waals surface area contributed by atoms with Crippen LogP contribution >= 0.6 is 0 Å². The number of rotatable bonds is 1. The van der Waals surface area contributed by atoms with Gasteiger partial charge in [-0.05, 0) is 13.8 Å². The van der Waals surface area contributed by atoms with E-state index in [0.717, 1.165) is 5.57 Å². The highest BCUT2D eigenvalue weighted by atomic mass is 16.1. The van der Waals surface area contributed by atoms with Crippen molar-refractivity contribution in [1.82, 2.24) is 5.32 Å². The summed E-state index contributed by atoms with van der Waals surface area (Å²) in [5.41, 5.74) is 1.02. The van der Waals surface area contributed by atoms with E-state index in [0.29, 0.717) is 0 Å². The second-order valence-electron chi connectivity index (χ2n) is 1.84. The van der Waals surface area contributed by atoms with E-state index < -0.39 is 0 Å². The van der Waals surface area contributed by atoms with Crippen molar-refractivity contribution in [3.63, 3.8) is 0 Å². The standard InChI is InChI=1S/C6H11NO/c1-5(2)4-6(8)7-3/h4H,1-3H3,(H,7,8). The number of carbonyl (C=O) groups excluding carboxylic acids is 1. The Balaban J connectivity index is 3.70. The topological polar surface area (TPSA) is 29.1 Å². The van der Waals surface area contributed by atoms with Crippen LogP contribution in [0.2, 0.25) is 0 Å². The highest BCUT2D eigenvalue weighted by Crippen LogP contribution is 1.85. The fraction of sp³-hybridized carbons (Fsp3) is 0.500. The molecule has 0 aromatic rings. The van der Waals surface area contributed by atoms with Crippen LogP contribution in [0.15, 0.2) is 11.6 Å². The minimum absolute atomic E-state index is 0.0370. The van der Waals surface area contributed by atoms with Gasteiger partial charge in [0.05, 0.1) is 0 Å². The summed E-state index contributed by atoms with van der Waals surface area (Å²) in [6.07, 6.45) is 1.56. The summed E-state index contributed by atoms with van der Waals surface area (Å²) >= 11 is 0. The van der Waals surface area contributed by atoms with E-state index in [-0.39, 0.29) is 5.91 Å². The second-order valence-corrected chi connectivity index (χ2v) is 1.84. The van der Waals surface area contributed by atoms with Gasteiger partial charge in [0.1, 0.15) is 0 Å². The number of hydrogen-bond donors (Lipinski definition) is 1. The van der Waals surface area contributed by atoms with Gasteiger partial charge in [0.15, 0.2) is 0 Å². The van der Waals surface area contributed by atoms with Gasteiger partial charge in [0.2, 0.25) is 5.91 Å². The molecule has 0 aliphatic rings. The molecule has 0 radical (unpaired) electrons. The van der Waals surface area contributed by atoms with Crippen molar-refractivity contribution in [3.8, 4) is 0 Å². The molecule has 0 heterocycles. The third kappa shape index (κ3) is 3.40. The minimum Gasteiger partial charge on any atom is -0.356 e. The fourth-order valence-corrected chi connectivity index (χ4v) is 0.334. The van der Waals surface area contributed by atoms with Gasteiger partial charge < -0.3 is 5.32 Å². The maximum atomic E-state index is 10.4. The molecule has 0 rings (SSSR count). The van der Waals surface area contributed by atoms with Crippen molar-refractivity contribution in [2.75, 3.05) is 7.05 Å². The largest absolute Gasteiger partial charge is 0.356 e. The predicted octanol–water partition coefficient (Wildman–Crippen LogP) is 0.699. The van der Waals surface area contributed by atoms with Gasteiger partial charge in [0.25, 0.3) is 0 Å². The molecule has 2 heteroatoms. The molecule has 0 saturated carbocycles. The Kier molecular flexibility index (Phi) is 2.92. The van der Waals surface area contributed by atoms with Crippen LogP contribution < -0.4 is 5.32 Å². The quantitative estimate of drug-likeness (QED) is 0.498. The van der Waals surface area contributed by atoms with Crippen LogP contribution in [0.25, 0.3) is 0 Å². The Morgan fingerprint density at radius 1 is 1.50 bits per heavy atom. The molecule has 0 aliphatic heterocycles. The minimum atomic E-state index is -0.0370. The van der Waals surface area contributed by atoms with Crippen LogP contribution in [0.3, 0.4) is 0 Å². The molecule has 0 aromatic heterocycles. The van der Waals surface area contributed by atoms with E-state index in [1.54, 1.807) is 13.1 Å². The number of hydrogen-bond acceptors (Lipinski definition) is 1. The maximum absolute atomic E-state index is 10.4. The molecule has 0 fully saturated rings. The molecule has 8 heavy (non-hydrogen) atoms. The number of likely N-dealkylation sites (N-methyl/N-ethyl adjacent to an activating group) is 1. The lowest BCUT2D eigenvalue weighted by molar-refractivity contribution is -0.116. The van der Waals surface area contributed by atoms with Gasteiger partial charge in [-0.2, -0.15) is 0 Å². The SMILES string of the molecule is CNC(=O)C=C(C)C. The lowest BCUT2D eigenvalue weighted by atomic mass is 10.3. The van der Waals surface area contributed by atoms with E-state index in [1.807, 2.05) is 13.8 Å². The van der Waals surface area contributed by atoms with Crippen molar-refractivity contribution in [2.45, 2.75) is 13.8 Å². The van der Waals surface area contributed by atoms with Crippen LogP contribution in [0.1, 0.15) is 13.8 Å². The van der Waals surface area contributed by atoms with Crippen LogP contribution in [0, 0.1) is 0 Å². The summed E-state index contributed by atoms with van der Waals surface area (Å²) in [4.78, 5) is 10.4. The van der Waals surface area contributed by atoms with Crippen molar-refractivity contribution < 1.29 is 4.79 Å². The van der Waals surface area contributed by atoms with E-state index >= 15 is 0 Å². The summed E-state index contributed by atoms with van der Waals surface area (Å²) in [5, 5.41) is 2.48. The molecule has 0 unspecified atom stereocenters. The van der Waals surface area contributed by atoms with E-state index in [9.17, 15) is 4.79 Å². The first-order valence-corrected chi connectivity index (χ1v) is 2.53. The zero-order chi connectivity index (χ0) is 6.57. The Morgan fingerprint density at radius 2 is 2.00 bits per heavy atom. The zero-order valence-corrected chi connectivity index (χ0v) is 5.49. The van der Waals surface area contributed by atoms with Crippen molar-refractivity contribution in [1.29, 1.82) is 0 Å². The molecule has 0 bridgehead atoms. The van der Waals surface area contributed by atoms with Crippen LogP contribution in [-0.4, -0.2) is 13.0 Å². The third-order valence-corrected chi connectivity index (χ3v) is 0.666. The van der Waals surface area contributed by atoms with Gasteiger partial charge in [0, 0.05) is 13.1 Å². The number of allylic oxidation sites excluding steroid dienone is 1. The number of amides is 1. The Hall–Kier alpha value is -0.790.